The van der Waals surface area contributed by atoms with Crippen molar-refractivity contribution in [3.63, 3.8) is 0 Å². The lowest BCUT2D eigenvalue weighted by molar-refractivity contribution is -0.118. The van der Waals surface area contributed by atoms with Crippen LogP contribution in [0.15, 0.2) is 18.2 Å². The van der Waals surface area contributed by atoms with Crippen molar-refractivity contribution in [2.24, 2.45) is 5.73 Å². The lowest BCUT2D eigenvalue weighted by Gasteiger charge is -2.37. The number of nitrogens with two attached hydrogens (primary N) is 1. The van der Waals surface area contributed by atoms with Crippen LogP contribution in [0.4, 0.5) is 5.69 Å². The second kappa shape index (κ2) is 5.19. The number of rotatable bonds is 4. The van der Waals surface area contributed by atoms with E-state index in [1.165, 1.54) is 12.1 Å². The van der Waals surface area contributed by atoms with Crippen molar-refractivity contribution in [3.05, 3.63) is 28.8 Å². The van der Waals surface area contributed by atoms with E-state index in [9.17, 15) is 9.59 Å². The number of halogens is 1. The summed E-state index contributed by atoms with van der Waals surface area (Å²) in [6, 6.07) is 4.57. The van der Waals surface area contributed by atoms with Gasteiger partial charge in [0, 0.05) is 12.0 Å². The molecule has 1 fully saturated rings. The molecule has 102 valence electrons. The molecule has 5 nitrogen and oxygen atoms in total. The molecule has 0 radical (unpaired) electrons. The van der Waals surface area contributed by atoms with Gasteiger partial charge in [0.15, 0.2) is 0 Å². The number of anilines is 1. The molecule has 1 saturated carbocycles. The van der Waals surface area contributed by atoms with Crippen LogP contribution in [0.25, 0.3) is 0 Å². The van der Waals surface area contributed by atoms with Gasteiger partial charge in [0.05, 0.1) is 10.7 Å². The van der Waals surface area contributed by atoms with Gasteiger partial charge in [-0.25, -0.2) is 4.79 Å². The molecule has 1 amide bonds. The summed E-state index contributed by atoms with van der Waals surface area (Å²) in [5, 5.41) is 11.8. The first kappa shape index (κ1) is 13.8. The first-order chi connectivity index (χ1) is 8.91. The smallest absolute Gasteiger partial charge is 0.339 e. The van der Waals surface area contributed by atoms with Crippen molar-refractivity contribution in [3.8, 4) is 0 Å². The summed E-state index contributed by atoms with van der Waals surface area (Å²) in [5.74, 6) is -1.46. The third kappa shape index (κ3) is 3.05. The molecule has 1 aliphatic carbocycles. The Morgan fingerprint density at radius 1 is 1.42 bits per heavy atom. The summed E-state index contributed by atoms with van der Waals surface area (Å²) in [5.41, 5.74) is 5.65. The summed E-state index contributed by atoms with van der Waals surface area (Å²) < 4.78 is 0. The Bertz CT molecular complexity index is 527. The number of hydrogen-bond donors (Lipinski definition) is 3. The van der Waals surface area contributed by atoms with Gasteiger partial charge in [0.2, 0.25) is 5.91 Å². The van der Waals surface area contributed by atoms with E-state index >= 15 is 0 Å². The Balaban J connectivity index is 2.12. The predicted molar refractivity (Wildman–Crippen MR) is 72.4 cm³/mol. The zero-order valence-corrected chi connectivity index (χ0v) is 11.0. The zero-order valence-electron chi connectivity index (χ0n) is 10.3. The van der Waals surface area contributed by atoms with E-state index in [4.69, 9.17) is 22.4 Å². The van der Waals surface area contributed by atoms with E-state index in [2.05, 4.69) is 5.32 Å². The maximum Gasteiger partial charge on any atom is 0.339 e. The van der Waals surface area contributed by atoms with Gasteiger partial charge in [-0.05, 0) is 31.4 Å². The molecule has 1 aromatic carbocycles. The monoisotopic (exact) mass is 282 g/mol. The summed E-state index contributed by atoms with van der Waals surface area (Å²) in [4.78, 5) is 23.0. The quantitative estimate of drug-likeness (QED) is 0.790. The summed E-state index contributed by atoms with van der Waals surface area (Å²) >= 11 is 5.82. The highest BCUT2D eigenvalue weighted by Crippen LogP contribution is 2.32. The summed E-state index contributed by atoms with van der Waals surface area (Å²) in [6.45, 7) is 0. The molecule has 0 unspecified atom stereocenters. The number of carboxylic acid groups (broad SMARTS) is 1. The van der Waals surface area contributed by atoms with Crippen LogP contribution in [-0.4, -0.2) is 22.5 Å². The number of hydrogen-bond acceptors (Lipinski definition) is 3. The Morgan fingerprint density at radius 2 is 2.11 bits per heavy atom. The van der Waals surface area contributed by atoms with E-state index in [-0.39, 0.29) is 28.6 Å². The molecule has 2 rings (SSSR count). The maximum atomic E-state index is 11.9. The third-order valence-electron chi connectivity index (χ3n) is 3.36. The van der Waals surface area contributed by atoms with Gasteiger partial charge >= 0.3 is 5.97 Å². The van der Waals surface area contributed by atoms with Crippen LogP contribution >= 0.6 is 11.6 Å². The predicted octanol–water partition coefficient (Wildman–Crippen LogP) is 2.25. The zero-order chi connectivity index (χ0) is 14.0. The molecule has 0 aliphatic heterocycles. The van der Waals surface area contributed by atoms with Gasteiger partial charge in [-0.15, -0.1) is 0 Å². The number of carbonyl (C=O) groups is 2. The van der Waals surface area contributed by atoms with E-state index in [1.54, 1.807) is 6.07 Å². The molecule has 1 aliphatic rings. The Kier molecular flexibility index (Phi) is 3.78. The Morgan fingerprint density at radius 3 is 2.63 bits per heavy atom. The molecule has 0 atom stereocenters. The number of benzene rings is 1. The molecule has 0 aromatic heterocycles. The molecule has 0 saturated heterocycles. The average molecular weight is 283 g/mol. The summed E-state index contributed by atoms with van der Waals surface area (Å²) in [6.07, 6.45) is 2.86. The van der Waals surface area contributed by atoms with E-state index in [1.807, 2.05) is 0 Å². The van der Waals surface area contributed by atoms with Crippen LogP contribution < -0.4 is 11.1 Å². The molecule has 0 bridgehead atoms. The molecule has 6 heteroatoms. The van der Waals surface area contributed by atoms with Crippen LogP contribution in [0, 0.1) is 0 Å². The molecular weight excluding hydrogens is 268 g/mol. The lowest BCUT2D eigenvalue weighted by atomic mass is 9.75. The lowest BCUT2D eigenvalue weighted by Crippen LogP contribution is -2.49. The maximum absolute atomic E-state index is 11.9. The highest BCUT2D eigenvalue weighted by atomic mass is 35.5. The van der Waals surface area contributed by atoms with Crippen LogP contribution in [0.3, 0.4) is 0 Å². The number of amides is 1. The highest BCUT2D eigenvalue weighted by molar-refractivity contribution is 6.34. The van der Waals surface area contributed by atoms with Crippen molar-refractivity contribution < 1.29 is 14.7 Å². The van der Waals surface area contributed by atoms with Gasteiger partial charge < -0.3 is 16.2 Å². The van der Waals surface area contributed by atoms with Crippen molar-refractivity contribution in [1.82, 2.24) is 0 Å². The van der Waals surface area contributed by atoms with Gasteiger partial charge in [-0.3, -0.25) is 4.79 Å². The number of nitrogens with one attached hydrogen (secondary N) is 1. The fourth-order valence-electron chi connectivity index (χ4n) is 2.17. The van der Waals surface area contributed by atoms with E-state index in [0.29, 0.717) is 0 Å². The highest BCUT2D eigenvalue weighted by Gasteiger charge is 2.34. The fourth-order valence-corrected chi connectivity index (χ4v) is 2.42. The summed E-state index contributed by atoms with van der Waals surface area (Å²) in [7, 11) is 0. The molecule has 0 spiro atoms. The Labute approximate surface area is 115 Å². The first-order valence-electron chi connectivity index (χ1n) is 6.02. The van der Waals surface area contributed by atoms with Crippen LogP contribution in [0.1, 0.15) is 36.0 Å². The van der Waals surface area contributed by atoms with Crippen LogP contribution in [0.5, 0.6) is 0 Å². The standard InChI is InChI=1S/C13H15ClN2O3/c14-8-3-1-4-9(11(8)12(18)19)16-10(17)7-13(15)5-2-6-13/h1,3-4H,2,5-7,15H2,(H,16,17)(H,18,19). The first-order valence-corrected chi connectivity index (χ1v) is 6.40. The van der Waals surface area contributed by atoms with E-state index in [0.717, 1.165) is 19.3 Å². The van der Waals surface area contributed by atoms with E-state index < -0.39 is 11.5 Å². The molecule has 19 heavy (non-hydrogen) atoms. The average Bonchev–Trinajstić information content (AvgIpc) is 2.26. The van der Waals surface area contributed by atoms with Crippen molar-refractivity contribution in [2.75, 3.05) is 5.32 Å². The number of carboxylic acids is 1. The molecule has 4 N–H and O–H groups in total. The topological polar surface area (TPSA) is 92.4 Å². The van der Waals surface area contributed by atoms with Gasteiger partial charge in [-0.1, -0.05) is 17.7 Å². The molecular formula is C13H15ClN2O3. The minimum atomic E-state index is -1.17. The normalized spacial score (nSPS) is 16.5. The third-order valence-corrected chi connectivity index (χ3v) is 3.68. The number of carbonyl (C=O) groups excluding carboxylic acids is 1. The van der Waals surface area contributed by atoms with Crippen molar-refractivity contribution in [2.45, 2.75) is 31.2 Å². The van der Waals surface area contributed by atoms with Crippen LogP contribution in [0.2, 0.25) is 5.02 Å². The van der Waals surface area contributed by atoms with Gasteiger partial charge in [-0.2, -0.15) is 0 Å². The van der Waals surface area contributed by atoms with Gasteiger partial charge in [0.25, 0.3) is 0 Å². The largest absolute Gasteiger partial charge is 0.478 e. The minimum absolute atomic E-state index is 0.0939. The van der Waals surface area contributed by atoms with Crippen molar-refractivity contribution in [1.29, 1.82) is 0 Å². The Hall–Kier alpha value is -1.59. The fraction of sp³-hybridized carbons (Fsp3) is 0.385. The SMILES string of the molecule is NC1(CC(=O)Nc2cccc(Cl)c2C(=O)O)CCC1. The minimum Gasteiger partial charge on any atom is -0.478 e. The van der Waals surface area contributed by atoms with Crippen molar-refractivity contribution >= 4 is 29.2 Å². The molecule has 0 heterocycles. The molecule has 1 aromatic rings. The van der Waals surface area contributed by atoms with Gasteiger partial charge in [0.1, 0.15) is 5.56 Å². The second-order valence-corrected chi connectivity index (χ2v) is 5.32. The number of aromatic carboxylic acids is 1. The second-order valence-electron chi connectivity index (χ2n) is 4.91. The van der Waals surface area contributed by atoms with Crippen LogP contribution in [-0.2, 0) is 4.79 Å².